The Bertz CT molecular complexity index is 522. The lowest BCUT2D eigenvalue weighted by Crippen LogP contribution is -2.28. The van der Waals surface area contributed by atoms with E-state index in [1.807, 2.05) is 18.2 Å². The smallest absolute Gasteiger partial charge is 0.244 e. The minimum atomic E-state index is -0.0606. The van der Waals surface area contributed by atoms with Crippen molar-refractivity contribution in [3.63, 3.8) is 0 Å². The van der Waals surface area contributed by atoms with Gasteiger partial charge in [-0.15, -0.1) is 0 Å². The van der Waals surface area contributed by atoms with Crippen LogP contribution in [0.2, 0.25) is 0 Å². The lowest BCUT2D eigenvalue weighted by atomic mass is 10.1. The van der Waals surface area contributed by atoms with Crippen molar-refractivity contribution < 1.29 is 14.3 Å². The van der Waals surface area contributed by atoms with E-state index in [1.165, 1.54) is 0 Å². The Morgan fingerprint density at radius 1 is 1.40 bits per heavy atom. The van der Waals surface area contributed by atoms with Gasteiger partial charge in [-0.2, -0.15) is 0 Å². The van der Waals surface area contributed by atoms with Gasteiger partial charge in [0.15, 0.2) is 11.5 Å². The summed E-state index contributed by atoms with van der Waals surface area (Å²) in [5.41, 5.74) is 0.923. The summed E-state index contributed by atoms with van der Waals surface area (Å²) in [4.78, 5) is 11.7. The first-order valence-corrected chi connectivity index (χ1v) is 6.87. The summed E-state index contributed by atoms with van der Waals surface area (Å²) >= 11 is 0. The van der Waals surface area contributed by atoms with Gasteiger partial charge in [-0.05, 0) is 49.2 Å². The fourth-order valence-electron chi connectivity index (χ4n) is 2.38. The molecule has 0 saturated carbocycles. The minimum Gasteiger partial charge on any atom is -0.454 e. The third kappa shape index (κ3) is 3.11. The molecule has 0 bridgehead atoms. The van der Waals surface area contributed by atoms with Crippen LogP contribution in [-0.2, 0) is 4.79 Å². The molecule has 1 atom stereocenters. The summed E-state index contributed by atoms with van der Waals surface area (Å²) in [6, 6.07) is 5.62. The minimum absolute atomic E-state index is 0.0606. The van der Waals surface area contributed by atoms with Gasteiger partial charge in [-0.3, -0.25) is 4.79 Å². The van der Waals surface area contributed by atoms with Gasteiger partial charge < -0.3 is 20.1 Å². The van der Waals surface area contributed by atoms with Crippen LogP contribution in [0, 0.1) is 5.92 Å². The molecule has 0 aliphatic carbocycles. The molecule has 2 aliphatic heterocycles. The maximum Gasteiger partial charge on any atom is 0.244 e. The molecule has 1 fully saturated rings. The first kappa shape index (κ1) is 13.0. The molecule has 0 aromatic heterocycles. The van der Waals surface area contributed by atoms with Crippen LogP contribution >= 0.6 is 0 Å². The maximum absolute atomic E-state index is 11.7. The third-order valence-corrected chi connectivity index (χ3v) is 3.55. The molecule has 1 aromatic carbocycles. The van der Waals surface area contributed by atoms with Crippen molar-refractivity contribution in [2.75, 3.05) is 26.4 Å². The van der Waals surface area contributed by atoms with Crippen LogP contribution in [0.4, 0.5) is 0 Å². The number of ether oxygens (including phenoxy) is 2. The van der Waals surface area contributed by atoms with E-state index in [0.29, 0.717) is 5.92 Å². The van der Waals surface area contributed by atoms with Gasteiger partial charge in [-0.1, -0.05) is 6.07 Å². The molecule has 20 heavy (non-hydrogen) atoms. The van der Waals surface area contributed by atoms with Gasteiger partial charge in [0.05, 0.1) is 0 Å². The molecule has 1 aromatic rings. The molecule has 5 nitrogen and oxygen atoms in total. The zero-order chi connectivity index (χ0) is 13.8. The molecule has 1 saturated heterocycles. The largest absolute Gasteiger partial charge is 0.454 e. The van der Waals surface area contributed by atoms with Gasteiger partial charge in [0.2, 0.25) is 12.7 Å². The Kier molecular flexibility index (Phi) is 3.87. The number of benzene rings is 1. The van der Waals surface area contributed by atoms with E-state index in [2.05, 4.69) is 10.6 Å². The molecule has 2 aliphatic rings. The molecular weight excluding hydrogens is 256 g/mol. The predicted octanol–water partition coefficient (Wildman–Crippen LogP) is 1.15. The third-order valence-electron chi connectivity index (χ3n) is 3.55. The number of fused-ring (bicyclic) bond motifs is 1. The van der Waals surface area contributed by atoms with Crippen molar-refractivity contribution in [3.8, 4) is 11.5 Å². The highest BCUT2D eigenvalue weighted by Gasteiger charge is 2.14. The summed E-state index contributed by atoms with van der Waals surface area (Å²) in [6.07, 6.45) is 4.47. The maximum atomic E-state index is 11.7. The van der Waals surface area contributed by atoms with E-state index in [4.69, 9.17) is 9.47 Å². The Morgan fingerprint density at radius 2 is 2.30 bits per heavy atom. The second-order valence-corrected chi connectivity index (χ2v) is 5.05. The summed E-state index contributed by atoms with van der Waals surface area (Å²) < 4.78 is 10.5. The Labute approximate surface area is 118 Å². The van der Waals surface area contributed by atoms with Crippen LogP contribution in [-0.4, -0.2) is 32.3 Å². The fraction of sp³-hybridized carbons (Fsp3) is 0.400. The van der Waals surface area contributed by atoms with Gasteiger partial charge in [0.1, 0.15) is 0 Å². The van der Waals surface area contributed by atoms with E-state index in [-0.39, 0.29) is 12.7 Å². The Morgan fingerprint density at radius 3 is 3.15 bits per heavy atom. The van der Waals surface area contributed by atoms with Crippen molar-refractivity contribution in [2.24, 2.45) is 5.92 Å². The second kappa shape index (κ2) is 5.96. The summed E-state index contributed by atoms with van der Waals surface area (Å²) in [5, 5.41) is 6.21. The number of hydrogen-bond donors (Lipinski definition) is 2. The number of hydrogen-bond acceptors (Lipinski definition) is 4. The number of carbonyl (C=O) groups excluding carboxylic acids is 1. The molecule has 1 unspecified atom stereocenters. The normalized spacial score (nSPS) is 20.5. The zero-order valence-electron chi connectivity index (χ0n) is 11.2. The van der Waals surface area contributed by atoms with E-state index in [9.17, 15) is 4.79 Å². The highest BCUT2D eigenvalue weighted by atomic mass is 16.7. The fourth-order valence-corrected chi connectivity index (χ4v) is 2.38. The van der Waals surface area contributed by atoms with Crippen molar-refractivity contribution in [2.45, 2.75) is 6.42 Å². The molecule has 2 N–H and O–H groups in total. The summed E-state index contributed by atoms with van der Waals surface area (Å²) in [6.45, 7) is 3.04. The number of nitrogens with one attached hydrogen (secondary N) is 2. The van der Waals surface area contributed by atoms with Gasteiger partial charge in [0, 0.05) is 12.6 Å². The summed E-state index contributed by atoms with van der Waals surface area (Å²) in [7, 11) is 0. The molecule has 2 heterocycles. The molecular formula is C15H18N2O3. The predicted molar refractivity (Wildman–Crippen MR) is 75.6 cm³/mol. The number of carbonyl (C=O) groups is 1. The van der Waals surface area contributed by atoms with Crippen LogP contribution in [0.3, 0.4) is 0 Å². The van der Waals surface area contributed by atoms with E-state index >= 15 is 0 Å². The SMILES string of the molecule is O=C(/C=C/c1ccc2c(c1)OCO2)NCC1CCNC1. The topological polar surface area (TPSA) is 59.6 Å². The summed E-state index contributed by atoms with van der Waals surface area (Å²) in [5.74, 6) is 1.97. The molecule has 5 heteroatoms. The number of rotatable bonds is 4. The molecule has 0 radical (unpaired) electrons. The first-order chi connectivity index (χ1) is 9.81. The van der Waals surface area contributed by atoms with Crippen LogP contribution in [0.5, 0.6) is 11.5 Å². The highest BCUT2D eigenvalue weighted by Crippen LogP contribution is 2.32. The van der Waals surface area contributed by atoms with Gasteiger partial charge in [-0.25, -0.2) is 0 Å². The monoisotopic (exact) mass is 274 g/mol. The van der Waals surface area contributed by atoms with Gasteiger partial charge in [0.25, 0.3) is 0 Å². The lowest BCUT2D eigenvalue weighted by Gasteiger charge is -2.07. The second-order valence-electron chi connectivity index (χ2n) is 5.05. The van der Waals surface area contributed by atoms with Gasteiger partial charge >= 0.3 is 0 Å². The average Bonchev–Trinajstić information content (AvgIpc) is 3.13. The van der Waals surface area contributed by atoms with Crippen molar-refractivity contribution in [1.29, 1.82) is 0 Å². The highest BCUT2D eigenvalue weighted by molar-refractivity contribution is 5.91. The quantitative estimate of drug-likeness (QED) is 0.809. The van der Waals surface area contributed by atoms with Crippen LogP contribution in [0.1, 0.15) is 12.0 Å². The first-order valence-electron chi connectivity index (χ1n) is 6.87. The Balaban J connectivity index is 1.52. The van der Waals surface area contributed by atoms with Crippen molar-refractivity contribution in [3.05, 3.63) is 29.8 Å². The van der Waals surface area contributed by atoms with E-state index in [0.717, 1.165) is 43.1 Å². The zero-order valence-corrected chi connectivity index (χ0v) is 11.2. The van der Waals surface area contributed by atoms with Crippen LogP contribution < -0.4 is 20.1 Å². The molecule has 0 spiro atoms. The van der Waals surface area contributed by atoms with Crippen LogP contribution in [0.25, 0.3) is 6.08 Å². The van der Waals surface area contributed by atoms with E-state index < -0.39 is 0 Å². The van der Waals surface area contributed by atoms with E-state index in [1.54, 1.807) is 12.2 Å². The van der Waals surface area contributed by atoms with Crippen LogP contribution in [0.15, 0.2) is 24.3 Å². The number of amides is 1. The van der Waals surface area contributed by atoms with Crippen molar-refractivity contribution >= 4 is 12.0 Å². The molecule has 106 valence electrons. The average molecular weight is 274 g/mol. The lowest BCUT2D eigenvalue weighted by molar-refractivity contribution is -0.116. The molecule has 1 amide bonds. The Hall–Kier alpha value is -2.01. The molecule has 3 rings (SSSR count). The standard InChI is InChI=1S/C15H18N2O3/c18-15(17-9-12-5-6-16-8-12)4-2-11-1-3-13-14(7-11)20-10-19-13/h1-4,7,12,16H,5-6,8-10H2,(H,17,18)/b4-2+. The van der Waals surface area contributed by atoms with Crippen molar-refractivity contribution in [1.82, 2.24) is 10.6 Å².